The first-order valence-corrected chi connectivity index (χ1v) is 9.35. The summed E-state index contributed by atoms with van der Waals surface area (Å²) in [6.45, 7) is 0. The maximum absolute atomic E-state index is 12.2. The molecule has 1 aromatic heterocycles. The van der Waals surface area contributed by atoms with E-state index in [0.29, 0.717) is 11.7 Å². The minimum atomic E-state index is -0.159. The first-order chi connectivity index (χ1) is 12.2. The Morgan fingerprint density at radius 2 is 2.20 bits per heavy atom. The van der Waals surface area contributed by atoms with E-state index in [0.717, 1.165) is 35.0 Å². The van der Waals surface area contributed by atoms with Crippen molar-refractivity contribution in [1.29, 1.82) is 0 Å². The van der Waals surface area contributed by atoms with Gasteiger partial charge in [-0.1, -0.05) is 18.9 Å². The number of carbonyl (C=O) groups excluding carboxylic acids is 1. The average molecular weight is 356 g/mol. The summed E-state index contributed by atoms with van der Waals surface area (Å²) in [5.41, 5.74) is 4.26. The largest absolute Gasteiger partial charge is 0.379 e. The molecule has 1 aliphatic heterocycles. The van der Waals surface area contributed by atoms with Gasteiger partial charge >= 0.3 is 0 Å². The molecule has 2 atom stereocenters. The van der Waals surface area contributed by atoms with Crippen molar-refractivity contribution >= 4 is 39.5 Å². The number of aliphatic imine (C=N–C) groups is 1. The third kappa shape index (κ3) is 3.43. The molecule has 2 aliphatic rings. The zero-order valence-electron chi connectivity index (χ0n) is 14.0. The van der Waals surface area contributed by atoms with Crippen LogP contribution in [-0.4, -0.2) is 36.1 Å². The van der Waals surface area contributed by atoms with Gasteiger partial charge in [0.05, 0.1) is 27.9 Å². The number of thiazole rings is 1. The van der Waals surface area contributed by atoms with Crippen molar-refractivity contribution in [3.05, 3.63) is 35.0 Å². The number of carbonyl (C=O) groups is 1. The van der Waals surface area contributed by atoms with Gasteiger partial charge in [0.15, 0.2) is 0 Å². The molecular formula is C18H20N4O2S. The second-order valence-electron chi connectivity index (χ2n) is 6.32. The van der Waals surface area contributed by atoms with Crippen LogP contribution in [0, 0.1) is 0 Å². The molecule has 0 spiro atoms. The smallest absolute Gasteiger partial charge is 0.274 e. The fourth-order valence-electron chi connectivity index (χ4n) is 3.35. The molecule has 0 bridgehead atoms. The maximum atomic E-state index is 12.2. The summed E-state index contributed by atoms with van der Waals surface area (Å²) in [7, 11) is 1.73. The first kappa shape index (κ1) is 16.2. The van der Waals surface area contributed by atoms with E-state index in [9.17, 15) is 4.79 Å². The molecule has 2 aromatic rings. The molecule has 2 heterocycles. The highest BCUT2D eigenvalue weighted by Gasteiger charge is 2.28. The minimum Gasteiger partial charge on any atom is -0.379 e. The summed E-state index contributed by atoms with van der Waals surface area (Å²) in [4.78, 5) is 21.2. The third-order valence-electron chi connectivity index (χ3n) is 4.66. The molecule has 2 fully saturated rings. The topological polar surface area (TPSA) is 75.6 Å². The standard InChI is InChI=1S/C18H20N4O2S/c1-24-15-5-3-2-4-12(15)20-18-21-14(17(23)22-18)8-11-6-7-13-16(9-11)25-10-19-13/h6-10,12,15H,2-5H2,1H3,(H2,20,21,22,23)/b14-8-/t12-,15-/m0/s1. The van der Waals surface area contributed by atoms with Crippen LogP contribution in [0.3, 0.4) is 0 Å². The van der Waals surface area contributed by atoms with Gasteiger partial charge in [-0.3, -0.25) is 10.1 Å². The lowest BCUT2D eigenvalue weighted by Gasteiger charge is -2.27. The van der Waals surface area contributed by atoms with E-state index < -0.39 is 0 Å². The van der Waals surface area contributed by atoms with Crippen molar-refractivity contribution in [2.75, 3.05) is 7.11 Å². The molecule has 0 unspecified atom stereocenters. The van der Waals surface area contributed by atoms with Crippen LogP contribution in [0.4, 0.5) is 0 Å². The highest BCUT2D eigenvalue weighted by atomic mass is 32.1. The van der Waals surface area contributed by atoms with E-state index in [1.54, 1.807) is 18.4 Å². The van der Waals surface area contributed by atoms with Gasteiger partial charge in [0.25, 0.3) is 5.91 Å². The van der Waals surface area contributed by atoms with Gasteiger partial charge in [0.1, 0.15) is 5.70 Å². The van der Waals surface area contributed by atoms with Crippen LogP contribution in [0.1, 0.15) is 31.2 Å². The molecule has 1 aliphatic carbocycles. The van der Waals surface area contributed by atoms with E-state index in [4.69, 9.17) is 4.74 Å². The van der Waals surface area contributed by atoms with E-state index in [1.165, 1.54) is 6.42 Å². The Kier molecular flexibility index (Phi) is 4.50. The van der Waals surface area contributed by atoms with Crippen molar-refractivity contribution in [1.82, 2.24) is 15.6 Å². The summed E-state index contributed by atoms with van der Waals surface area (Å²) < 4.78 is 6.63. The number of ether oxygens (including phenoxy) is 1. The van der Waals surface area contributed by atoms with Gasteiger partial charge in [-0.25, -0.2) is 9.98 Å². The Morgan fingerprint density at radius 1 is 1.32 bits per heavy atom. The number of methoxy groups -OCH3 is 1. The zero-order valence-corrected chi connectivity index (χ0v) is 14.8. The second kappa shape index (κ2) is 6.93. The van der Waals surface area contributed by atoms with Crippen LogP contribution in [0.2, 0.25) is 0 Å². The highest BCUT2D eigenvalue weighted by molar-refractivity contribution is 7.16. The molecule has 130 valence electrons. The summed E-state index contributed by atoms with van der Waals surface area (Å²) in [5, 5.41) is 5.92. The van der Waals surface area contributed by atoms with Crippen molar-refractivity contribution in [3.63, 3.8) is 0 Å². The first-order valence-electron chi connectivity index (χ1n) is 8.47. The van der Waals surface area contributed by atoms with Gasteiger partial charge in [-0.05, 0) is 36.6 Å². The third-order valence-corrected chi connectivity index (χ3v) is 5.45. The SMILES string of the molecule is CO[C@H]1CCCC[C@@H]1N=C1NC(=O)/C(=C/c2ccc3ncsc3c2)N1. The van der Waals surface area contributed by atoms with Crippen molar-refractivity contribution in [3.8, 4) is 0 Å². The van der Waals surface area contributed by atoms with Crippen LogP contribution in [-0.2, 0) is 9.53 Å². The van der Waals surface area contributed by atoms with Gasteiger partial charge in [0, 0.05) is 7.11 Å². The number of guanidine groups is 1. The zero-order chi connectivity index (χ0) is 17.2. The molecule has 7 heteroatoms. The van der Waals surface area contributed by atoms with Gasteiger partial charge < -0.3 is 10.1 Å². The van der Waals surface area contributed by atoms with Gasteiger partial charge in [-0.2, -0.15) is 0 Å². The minimum absolute atomic E-state index is 0.0921. The van der Waals surface area contributed by atoms with Crippen LogP contribution in [0.5, 0.6) is 0 Å². The fraction of sp³-hybridized carbons (Fsp3) is 0.389. The quantitative estimate of drug-likeness (QED) is 0.829. The number of nitrogens with one attached hydrogen (secondary N) is 2. The molecule has 4 rings (SSSR count). The maximum Gasteiger partial charge on any atom is 0.274 e. The normalized spacial score (nSPS) is 27.0. The molecule has 1 saturated carbocycles. The predicted octanol–water partition coefficient (Wildman–Crippen LogP) is 2.67. The molecule has 1 amide bonds. The number of hydrogen-bond donors (Lipinski definition) is 2. The molecule has 6 nitrogen and oxygen atoms in total. The second-order valence-corrected chi connectivity index (χ2v) is 7.21. The van der Waals surface area contributed by atoms with Crippen LogP contribution >= 0.6 is 11.3 Å². The average Bonchev–Trinajstić information content (AvgIpc) is 3.22. The van der Waals surface area contributed by atoms with E-state index in [-0.39, 0.29) is 18.1 Å². The Labute approximate surface area is 150 Å². The number of amides is 1. The van der Waals surface area contributed by atoms with Gasteiger partial charge in [0.2, 0.25) is 5.96 Å². The fourth-order valence-corrected chi connectivity index (χ4v) is 4.08. The Balaban J connectivity index is 1.54. The van der Waals surface area contributed by atoms with Crippen molar-refractivity contribution < 1.29 is 9.53 Å². The van der Waals surface area contributed by atoms with Crippen molar-refractivity contribution in [2.45, 2.75) is 37.8 Å². The van der Waals surface area contributed by atoms with E-state index in [2.05, 4.69) is 20.6 Å². The number of fused-ring (bicyclic) bond motifs is 1. The monoisotopic (exact) mass is 356 g/mol. The Morgan fingerprint density at radius 3 is 3.08 bits per heavy atom. The highest BCUT2D eigenvalue weighted by Crippen LogP contribution is 2.24. The number of rotatable bonds is 3. The number of benzene rings is 1. The van der Waals surface area contributed by atoms with E-state index >= 15 is 0 Å². The van der Waals surface area contributed by atoms with E-state index in [1.807, 2.05) is 29.8 Å². The van der Waals surface area contributed by atoms with Crippen LogP contribution < -0.4 is 10.6 Å². The summed E-state index contributed by atoms with van der Waals surface area (Å²) in [6.07, 6.45) is 6.29. The lowest BCUT2D eigenvalue weighted by molar-refractivity contribution is -0.115. The molecular weight excluding hydrogens is 336 g/mol. The Hall–Kier alpha value is -2.25. The van der Waals surface area contributed by atoms with Crippen LogP contribution in [0.15, 0.2) is 34.4 Å². The Bertz CT molecular complexity index is 858. The molecule has 0 radical (unpaired) electrons. The summed E-state index contributed by atoms with van der Waals surface area (Å²) >= 11 is 1.59. The molecule has 1 aromatic carbocycles. The molecule has 2 N–H and O–H groups in total. The molecule has 1 saturated heterocycles. The number of aromatic nitrogens is 1. The number of hydrogen-bond acceptors (Lipinski definition) is 5. The lowest BCUT2D eigenvalue weighted by atomic mass is 9.93. The lowest BCUT2D eigenvalue weighted by Crippen LogP contribution is -2.35. The van der Waals surface area contributed by atoms with Crippen LogP contribution in [0.25, 0.3) is 16.3 Å². The summed E-state index contributed by atoms with van der Waals surface area (Å²) in [5.74, 6) is 0.358. The summed E-state index contributed by atoms with van der Waals surface area (Å²) in [6, 6.07) is 6.05. The number of nitrogens with zero attached hydrogens (tertiary/aromatic N) is 2. The van der Waals surface area contributed by atoms with Gasteiger partial charge in [-0.15, -0.1) is 11.3 Å². The van der Waals surface area contributed by atoms with Crippen molar-refractivity contribution in [2.24, 2.45) is 4.99 Å². The predicted molar refractivity (Wildman–Crippen MR) is 99.4 cm³/mol. The molecule has 25 heavy (non-hydrogen) atoms.